The zero-order chi connectivity index (χ0) is 34.2. The second-order valence-corrected chi connectivity index (χ2v) is 12.8. The molecule has 0 radical (unpaired) electrons. The van der Waals surface area contributed by atoms with Crippen LogP contribution < -0.4 is 29.5 Å². The van der Waals surface area contributed by atoms with Crippen LogP contribution in [0.3, 0.4) is 0 Å². The fourth-order valence-corrected chi connectivity index (χ4v) is 5.97. The normalized spacial score (nSPS) is 21.0. The molecule has 1 heterocycles. The zero-order valence-corrected chi connectivity index (χ0v) is 31.4. The van der Waals surface area contributed by atoms with Crippen molar-refractivity contribution in [1.29, 1.82) is 0 Å². The van der Waals surface area contributed by atoms with E-state index in [4.69, 9.17) is 18.9 Å². The Morgan fingerprint density at radius 2 is 1.77 bits per heavy atom. The second-order valence-electron chi connectivity index (χ2n) is 12.8. The van der Waals surface area contributed by atoms with Gasteiger partial charge in [0.2, 0.25) is 5.91 Å². The Bertz CT molecular complexity index is 966. The van der Waals surface area contributed by atoms with E-state index >= 15 is 0 Å². The molecule has 0 unspecified atom stereocenters. The number of carbonyl (C=O) groups is 3. The number of nitrogens with one attached hydrogen (secondary N) is 2. The van der Waals surface area contributed by atoms with Gasteiger partial charge in [0.1, 0.15) is 6.04 Å². The molecule has 1 rings (SSSR count). The molecule has 1 aliphatic heterocycles. The van der Waals surface area contributed by atoms with Crippen LogP contribution in [0.25, 0.3) is 0 Å². The summed E-state index contributed by atoms with van der Waals surface area (Å²) in [5.41, 5.74) is 0.817. The van der Waals surface area contributed by atoms with E-state index < -0.39 is 12.0 Å². The van der Waals surface area contributed by atoms with Crippen LogP contribution in [0, 0.1) is 33.1 Å². The monoisotopic (exact) mass is 657 g/mol. The molecule has 0 aliphatic carbocycles. The molecule has 2 N–H and O–H groups in total. The van der Waals surface area contributed by atoms with Gasteiger partial charge in [-0.05, 0) is 77.2 Å². The molecule has 1 saturated heterocycles. The Labute approximate surface area is 298 Å². The number of nitrogens with zero attached hydrogens (tertiary/aromatic N) is 1. The largest absolute Gasteiger partial charge is 1.00 e. The first-order chi connectivity index (χ1) is 21.2. The SMILES string of the molecule is [CH2-]CN(C[CH2-])C(=O)NCC[C@H](NC(=O)C[C@H]1CC[C@H](C)[C@@H](/C(C)=C/C=C/[C@@H](C)CC(C)(C)O[C@H](C)[C@H](CC)OC)O1)C(=O)OC.[CH3-].[Li+]. The topological polar surface area (TPSA) is 115 Å². The summed E-state index contributed by atoms with van der Waals surface area (Å²) in [7, 11) is 3.00. The van der Waals surface area contributed by atoms with Gasteiger partial charge >= 0.3 is 30.9 Å². The second kappa shape index (κ2) is 24.3. The van der Waals surface area contributed by atoms with Gasteiger partial charge in [0.15, 0.2) is 0 Å². The summed E-state index contributed by atoms with van der Waals surface area (Å²) in [5, 5.41) is 5.49. The average molecular weight is 658 g/mol. The zero-order valence-electron chi connectivity index (χ0n) is 31.4. The van der Waals surface area contributed by atoms with Gasteiger partial charge in [0, 0.05) is 13.7 Å². The van der Waals surface area contributed by atoms with E-state index in [0.717, 1.165) is 31.3 Å². The summed E-state index contributed by atoms with van der Waals surface area (Å²) in [5.74, 6) is -0.237. The molecule has 47 heavy (non-hydrogen) atoms. The summed E-state index contributed by atoms with van der Waals surface area (Å²) < 4.78 is 23.2. The molecule has 1 aliphatic rings. The van der Waals surface area contributed by atoms with Gasteiger partial charge in [-0.15, -0.1) is 13.1 Å². The smallest absolute Gasteiger partial charge is 0.467 e. The van der Waals surface area contributed by atoms with Gasteiger partial charge in [-0.3, -0.25) is 4.79 Å². The number of rotatable bonds is 19. The van der Waals surface area contributed by atoms with E-state index in [1.54, 1.807) is 7.11 Å². The van der Waals surface area contributed by atoms with Crippen molar-refractivity contribution in [2.24, 2.45) is 11.8 Å². The maximum Gasteiger partial charge on any atom is 1.00 e. The Hall–Kier alpha value is -1.83. The number of hydrogen-bond acceptors (Lipinski definition) is 7. The van der Waals surface area contributed by atoms with Crippen LogP contribution in [0.2, 0.25) is 0 Å². The quantitative estimate of drug-likeness (QED) is 0.0951. The number of carbonyl (C=O) groups excluding carboxylic acids is 3. The first-order valence-electron chi connectivity index (χ1n) is 16.4. The first-order valence-corrected chi connectivity index (χ1v) is 16.4. The van der Waals surface area contributed by atoms with Crippen LogP contribution in [0.1, 0.15) is 87.0 Å². The van der Waals surface area contributed by atoms with Crippen LogP contribution in [-0.4, -0.2) is 92.7 Å². The van der Waals surface area contributed by atoms with Crippen molar-refractivity contribution in [2.75, 3.05) is 33.9 Å². The molecule has 7 atom stereocenters. The van der Waals surface area contributed by atoms with E-state index in [9.17, 15) is 14.4 Å². The molecule has 0 aromatic heterocycles. The minimum absolute atomic E-state index is 0. The Balaban J connectivity index is 0. The maximum atomic E-state index is 12.9. The number of urea groups is 1. The summed E-state index contributed by atoms with van der Waals surface area (Å²) in [6.07, 6.45) is 9.89. The summed E-state index contributed by atoms with van der Waals surface area (Å²) in [6, 6.07) is -1.21. The molecule has 0 aromatic carbocycles. The number of amides is 3. The van der Waals surface area contributed by atoms with Gasteiger partial charge in [-0.1, -0.05) is 39.0 Å². The number of hydrogen-bond donors (Lipinski definition) is 2. The third-order valence-electron chi connectivity index (χ3n) is 8.36. The van der Waals surface area contributed by atoms with Crippen molar-refractivity contribution in [1.82, 2.24) is 15.5 Å². The van der Waals surface area contributed by atoms with E-state index in [0.29, 0.717) is 11.8 Å². The molecule has 10 nitrogen and oxygen atoms in total. The van der Waals surface area contributed by atoms with Gasteiger partial charge < -0.3 is 55.8 Å². The van der Waals surface area contributed by atoms with Crippen molar-refractivity contribution in [3.8, 4) is 0 Å². The van der Waals surface area contributed by atoms with Crippen molar-refractivity contribution in [2.45, 2.75) is 123 Å². The summed E-state index contributed by atoms with van der Waals surface area (Å²) in [6.45, 7) is 23.0. The van der Waals surface area contributed by atoms with Crippen LogP contribution >= 0.6 is 0 Å². The van der Waals surface area contributed by atoms with Crippen molar-refractivity contribution >= 4 is 17.9 Å². The molecule has 3 amide bonds. The Kier molecular flexibility index (Phi) is 24.5. The minimum Gasteiger partial charge on any atom is -0.467 e. The number of allylic oxidation sites excluding steroid dienone is 3. The van der Waals surface area contributed by atoms with E-state index in [1.807, 2.05) is 0 Å². The molecule has 0 aromatic rings. The first kappa shape index (κ1) is 47.3. The predicted octanol–water partition coefficient (Wildman–Crippen LogP) is 2.88. The summed E-state index contributed by atoms with van der Waals surface area (Å²) >= 11 is 0. The van der Waals surface area contributed by atoms with Crippen LogP contribution in [0.15, 0.2) is 23.8 Å². The molecule has 0 bridgehead atoms. The summed E-state index contributed by atoms with van der Waals surface area (Å²) in [4.78, 5) is 38.9. The van der Waals surface area contributed by atoms with Crippen molar-refractivity contribution < 1.29 is 52.2 Å². The third kappa shape index (κ3) is 17.4. The van der Waals surface area contributed by atoms with Crippen LogP contribution in [0.4, 0.5) is 4.79 Å². The molecule has 1 fully saturated rings. The van der Waals surface area contributed by atoms with Crippen molar-refractivity contribution in [3.63, 3.8) is 0 Å². The fourth-order valence-electron chi connectivity index (χ4n) is 5.97. The van der Waals surface area contributed by atoms with Gasteiger partial charge in [0.05, 0.1) is 43.5 Å². The van der Waals surface area contributed by atoms with E-state index in [1.165, 1.54) is 12.0 Å². The fraction of sp³-hybridized carbons (Fsp3) is 0.722. The molecular formula is C36H64LiN3O7-2. The standard InChI is InChI=1S/C35H61N3O7.CH3.Li/c1-12-30(42-10)27(7)45-35(8,9)23-24(4)16-15-17-25(5)32-26(6)18-19-28(44-32)22-31(39)37-29(33(40)43-11)20-21-36-34(41)38(13-2)14-3;;/h15-17,24,26-30,32H,2-3,12-14,18-23H2,1,4-11H3,(H,36,41)(H,37,39);1H3;/q-2;-1;+1/b16-15+,25-17+;;/t24-,26+,27-,28-,29+,30+,32-;;/m1../s1. The third-order valence-corrected chi connectivity index (χ3v) is 8.36. The Morgan fingerprint density at radius 3 is 2.32 bits per heavy atom. The van der Waals surface area contributed by atoms with Gasteiger partial charge in [-0.2, -0.15) is 0 Å². The molecular weight excluding hydrogens is 593 g/mol. The maximum absolute atomic E-state index is 12.9. The van der Waals surface area contributed by atoms with Gasteiger partial charge in [-0.25, -0.2) is 9.59 Å². The molecule has 11 heteroatoms. The average Bonchev–Trinajstić information content (AvgIpc) is 2.97. The molecule has 0 spiro atoms. The van der Waals surface area contributed by atoms with Crippen LogP contribution in [-0.2, 0) is 28.5 Å². The Morgan fingerprint density at radius 1 is 1.13 bits per heavy atom. The number of methoxy groups -OCH3 is 2. The van der Waals surface area contributed by atoms with E-state index in [2.05, 4.69) is 91.2 Å². The van der Waals surface area contributed by atoms with Crippen molar-refractivity contribution in [3.05, 3.63) is 45.1 Å². The molecule has 0 saturated carbocycles. The van der Waals surface area contributed by atoms with Crippen LogP contribution in [0.5, 0.6) is 0 Å². The predicted molar refractivity (Wildman–Crippen MR) is 185 cm³/mol. The number of esters is 1. The minimum atomic E-state index is -0.880. The van der Waals surface area contributed by atoms with E-state index in [-0.39, 0.29) is 101 Å². The molecule has 268 valence electrons. The van der Waals surface area contributed by atoms with Gasteiger partial charge in [0.25, 0.3) is 0 Å². The number of ether oxygens (including phenoxy) is 4.